The van der Waals surface area contributed by atoms with E-state index in [9.17, 15) is 9.59 Å². The van der Waals surface area contributed by atoms with Crippen molar-refractivity contribution < 1.29 is 9.59 Å². The molecule has 0 bridgehead atoms. The minimum absolute atomic E-state index is 0.117. The number of halogens is 1. The minimum atomic E-state index is -0.253. The van der Waals surface area contributed by atoms with Gasteiger partial charge < -0.3 is 0 Å². The number of nitrogens with one attached hydrogen (secondary N) is 1. The molecule has 0 radical (unpaired) electrons. The molecule has 0 saturated carbocycles. The molecule has 2 aromatic rings. The van der Waals surface area contributed by atoms with Gasteiger partial charge in [0.1, 0.15) is 5.69 Å². The van der Waals surface area contributed by atoms with E-state index in [1.165, 1.54) is 18.3 Å². The van der Waals surface area contributed by atoms with Crippen LogP contribution in [0.5, 0.6) is 0 Å². The number of hydrogen-bond acceptors (Lipinski definition) is 4. The fraction of sp³-hybridized carbons (Fsp3) is 0.154. The summed E-state index contributed by atoms with van der Waals surface area (Å²) in [7, 11) is 0. The number of amides is 1. The van der Waals surface area contributed by atoms with Crippen LogP contribution in [-0.4, -0.2) is 16.7 Å². The zero-order valence-electron chi connectivity index (χ0n) is 10.4. The number of anilines is 1. The van der Waals surface area contributed by atoms with E-state index in [1.807, 2.05) is 19.1 Å². The lowest BCUT2D eigenvalue weighted by Crippen LogP contribution is -2.12. The molecule has 0 unspecified atom stereocenters. The van der Waals surface area contributed by atoms with Crippen LogP contribution in [0.25, 0.3) is 0 Å². The van der Waals surface area contributed by atoms with E-state index in [-0.39, 0.29) is 11.7 Å². The molecule has 1 amide bonds. The maximum atomic E-state index is 12.1. The third kappa shape index (κ3) is 3.27. The average molecular weight is 339 g/mol. The predicted octanol–water partition coefficient (Wildman–Crippen LogP) is 3.67. The molecule has 4 nitrogen and oxygen atoms in total. The van der Waals surface area contributed by atoms with Crippen LogP contribution in [0, 0.1) is 6.92 Å². The number of aromatic nitrogens is 1. The van der Waals surface area contributed by atoms with Crippen LogP contribution in [0.2, 0.25) is 0 Å². The number of thiazole rings is 1. The van der Waals surface area contributed by atoms with Gasteiger partial charge in [0.05, 0.1) is 5.56 Å². The summed E-state index contributed by atoms with van der Waals surface area (Å²) >= 11 is 4.59. The van der Waals surface area contributed by atoms with Gasteiger partial charge in [-0.25, -0.2) is 4.98 Å². The lowest BCUT2D eigenvalue weighted by molar-refractivity contribution is 0.100. The van der Waals surface area contributed by atoms with Crippen molar-refractivity contribution in [2.24, 2.45) is 0 Å². The molecule has 1 aromatic heterocycles. The topological polar surface area (TPSA) is 59.1 Å². The fourth-order valence-corrected chi connectivity index (χ4v) is 2.88. The average Bonchev–Trinajstić information content (AvgIpc) is 2.77. The molecule has 1 aromatic carbocycles. The highest BCUT2D eigenvalue weighted by atomic mass is 79.9. The van der Waals surface area contributed by atoms with Crippen molar-refractivity contribution >= 4 is 44.1 Å². The van der Waals surface area contributed by atoms with E-state index < -0.39 is 0 Å². The lowest BCUT2D eigenvalue weighted by Gasteiger charge is -2.04. The smallest absolute Gasteiger partial charge is 0.258 e. The van der Waals surface area contributed by atoms with Crippen LogP contribution < -0.4 is 5.32 Å². The van der Waals surface area contributed by atoms with Gasteiger partial charge in [-0.15, -0.1) is 11.3 Å². The second-order valence-corrected chi connectivity index (χ2v) is 5.74. The van der Waals surface area contributed by atoms with E-state index >= 15 is 0 Å². The number of rotatable bonds is 3. The molecule has 0 aliphatic rings. The van der Waals surface area contributed by atoms with Crippen LogP contribution in [0.15, 0.2) is 28.1 Å². The van der Waals surface area contributed by atoms with E-state index in [1.54, 1.807) is 11.4 Å². The number of aryl methyl sites for hydroxylation is 1. The summed E-state index contributed by atoms with van der Waals surface area (Å²) in [6.07, 6.45) is 0. The quantitative estimate of drug-likeness (QED) is 0.868. The largest absolute Gasteiger partial charge is 0.298 e. The first-order chi connectivity index (χ1) is 8.97. The van der Waals surface area contributed by atoms with Crippen molar-refractivity contribution in [3.63, 3.8) is 0 Å². The van der Waals surface area contributed by atoms with Gasteiger partial charge in [0.15, 0.2) is 10.9 Å². The second kappa shape index (κ2) is 5.63. The number of Topliss-reactive ketones (excluding diaryl/α,β-unsaturated/α-hetero) is 1. The van der Waals surface area contributed by atoms with Crippen LogP contribution in [0.1, 0.15) is 33.3 Å². The molecule has 0 fully saturated rings. The van der Waals surface area contributed by atoms with Gasteiger partial charge in [-0.3, -0.25) is 14.9 Å². The summed E-state index contributed by atoms with van der Waals surface area (Å²) in [5, 5.41) is 4.73. The van der Waals surface area contributed by atoms with Crippen molar-refractivity contribution in [2.45, 2.75) is 13.8 Å². The number of carbonyl (C=O) groups is 2. The molecule has 0 spiro atoms. The van der Waals surface area contributed by atoms with Gasteiger partial charge in [-0.1, -0.05) is 6.07 Å². The summed E-state index contributed by atoms with van der Waals surface area (Å²) in [5.74, 6) is -0.371. The van der Waals surface area contributed by atoms with E-state index in [0.29, 0.717) is 16.4 Å². The Morgan fingerprint density at radius 1 is 1.37 bits per heavy atom. The first-order valence-electron chi connectivity index (χ1n) is 5.51. The Bertz CT molecular complexity index is 652. The molecule has 0 saturated heterocycles. The molecule has 19 heavy (non-hydrogen) atoms. The van der Waals surface area contributed by atoms with Crippen LogP contribution in [0.3, 0.4) is 0 Å². The monoisotopic (exact) mass is 338 g/mol. The summed E-state index contributed by atoms with van der Waals surface area (Å²) in [4.78, 5) is 27.2. The van der Waals surface area contributed by atoms with Gasteiger partial charge in [0.25, 0.3) is 5.91 Å². The summed E-state index contributed by atoms with van der Waals surface area (Å²) in [6.45, 7) is 3.39. The molecule has 1 N–H and O–H groups in total. The molecular weight excluding hydrogens is 328 g/mol. The number of carbonyl (C=O) groups excluding carboxylic acids is 2. The molecule has 0 aliphatic carbocycles. The zero-order chi connectivity index (χ0) is 14.0. The molecule has 98 valence electrons. The summed E-state index contributed by atoms with van der Waals surface area (Å²) in [5.41, 5.74) is 1.96. The SMILES string of the molecule is CC(=O)c1csc(NC(=O)c2ccc(C)cc2Br)n1. The van der Waals surface area contributed by atoms with Gasteiger partial charge >= 0.3 is 0 Å². The molecule has 0 atom stereocenters. The Balaban J connectivity index is 2.18. The highest BCUT2D eigenvalue weighted by molar-refractivity contribution is 9.10. The standard InChI is InChI=1S/C13H11BrN2O2S/c1-7-3-4-9(10(14)5-7)12(18)16-13-15-11(6-19-13)8(2)17/h3-6H,1-2H3,(H,15,16,18). The first-order valence-corrected chi connectivity index (χ1v) is 7.18. The summed E-state index contributed by atoms with van der Waals surface area (Å²) in [6, 6.07) is 5.48. The number of ketones is 1. The molecule has 0 aliphatic heterocycles. The Kier molecular flexibility index (Phi) is 4.11. The third-order valence-corrected chi connectivity index (χ3v) is 3.87. The third-order valence-electron chi connectivity index (χ3n) is 2.45. The maximum absolute atomic E-state index is 12.1. The molecule has 1 heterocycles. The van der Waals surface area contributed by atoms with E-state index in [2.05, 4.69) is 26.2 Å². The second-order valence-electron chi connectivity index (χ2n) is 4.03. The fourth-order valence-electron chi connectivity index (χ4n) is 1.46. The lowest BCUT2D eigenvalue weighted by atomic mass is 10.1. The van der Waals surface area contributed by atoms with Crippen LogP contribution in [0.4, 0.5) is 5.13 Å². The Hall–Kier alpha value is -1.53. The molecular formula is C13H11BrN2O2S. The Morgan fingerprint density at radius 2 is 2.11 bits per heavy atom. The van der Waals surface area contributed by atoms with Crippen LogP contribution in [-0.2, 0) is 0 Å². The first kappa shape index (κ1) is 13.9. The summed E-state index contributed by atoms with van der Waals surface area (Å²) < 4.78 is 0.730. The predicted molar refractivity (Wildman–Crippen MR) is 79.0 cm³/mol. The van der Waals surface area contributed by atoms with E-state index in [0.717, 1.165) is 10.0 Å². The highest BCUT2D eigenvalue weighted by Crippen LogP contribution is 2.21. The van der Waals surface area contributed by atoms with Crippen molar-refractivity contribution in [1.29, 1.82) is 0 Å². The van der Waals surface area contributed by atoms with Crippen molar-refractivity contribution in [3.05, 3.63) is 44.9 Å². The highest BCUT2D eigenvalue weighted by Gasteiger charge is 2.13. The molecule has 6 heteroatoms. The molecule has 2 rings (SSSR count). The van der Waals surface area contributed by atoms with Crippen molar-refractivity contribution in [1.82, 2.24) is 4.98 Å². The van der Waals surface area contributed by atoms with Gasteiger partial charge in [0.2, 0.25) is 0 Å². The number of benzene rings is 1. The number of nitrogens with zero attached hydrogens (tertiary/aromatic N) is 1. The van der Waals surface area contributed by atoms with Crippen molar-refractivity contribution in [3.8, 4) is 0 Å². The normalized spacial score (nSPS) is 10.3. The zero-order valence-corrected chi connectivity index (χ0v) is 12.8. The minimum Gasteiger partial charge on any atom is -0.298 e. The van der Waals surface area contributed by atoms with E-state index in [4.69, 9.17) is 0 Å². The maximum Gasteiger partial charge on any atom is 0.258 e. The van der Waals surface area contributed by atoms with Crippen LogP contribution >= 0.6 is 27.3 Å². The Labute approximate surface area is 123 Å². The van der Waals surface area contributed by atoms with Gasteiger partial charge in [-0.2, -0.15) is 0 Å². The Morgan fingerprint density at radius 3 is 2.68 bits per heavy atom. The van der Waals surface area contributed by atoms with Crippen molar-refractivity contribution in [2.75, 3.05) is 5.32 Å². The number of hydrogen-bond donors (Lipinski definition) is 1. The van der Waals surface area contributed by atoms with Gasteiger partial charge in [0, 0.05) is 16.8 Å². The van der Waals surface area contributed by atoms with Gasteiger partial charge in [-0.05, 0) is 40.5 Å².